The van der Waals surface area contributed by atoms with E-state index in [-0.39, 0.29) is 44.6 Å². The number of rotatable bonds is 29. The van der Waals surface area contributed by atoms with E-state index in [1.54, 1.807) is 26.1 Å². The molecule has 0 saturated heterocycles. The molecule has 2 aromatic carbocycles. The van der Waals surface area contributed by atoms with Gasteiger partial charge in [0.2, 0.25) is 35.4 Å². The molecule has 82 heavy (non-hydrogen) atoms. The largest absolute Gasteiger partial charge is 0.490 e. The number of hydrogen-bond donors (Lipinski definition) is 8. The third-order valence-electron chi connectivity index (χ3n) is 12.9. The minimum atomic E-state index is -5.08. The van der Waals surface area contributed by atoms with E-state index in [4.69, 9.17) is 21.4 Å². The average molecular weight is 1160 g/mol. The summed E-state index contributed by atoms with van der Waals surface area (Å²) >= 11 is 0. The van der Waals surface area contributed by atoms with Gasteiger partial charge in [0.25, 0.3) is 11.8 Å². The van der Waals surface area contributed by atoms with E-state index in [2.05, 4.69) is 16.0 Å². The zero-order chi connectivity index (χ0) is 61.8. The quantitative estimate of drug-likeness (QED) is 0.0280. The van der Waals surface area contributed by atoms with Crippen LogP contribution in [0.4, 0.5) is 22.0 Å². The van der Waals surface area contributed by atoms with E-state index < -0.39 is 145 Å². The third kappa shape index (κ3) is 20.8. The molecule has 4 rings (SSSR count). The number of carboxylic acid groups (broad SMARTS) is 2. The van der Waals surface area contributed by atoms with Gasteiger partial charge in [-0.15, -0.1) is 0 Å². The zero-order valence-electron chi connectivity index (χ0n) is 46.3. The van der Waals surface area contributed by atoms with E-state index in [9.17, 15) is 70.9 Å². The summed E-state index contributed by atoms with van der Waals surface area (Å²) < 4.78 is 63.3. The number of hydrogen-bond acceptors (Lipinski definition) is 12. The SMILES string of the molecule is CC(C)[C@H](NC(=O)CCCCCN1C(=O)C=CC1=O)C(=O)N[C@@H](C)C(=O)N(CCNC(=O)[C@@H](N)CCN(C(=O)CO)[C@@H](c1cc(-c2cc(F)ccc2F)cn1Cc1ccccc1)C(C)(C)C)[C@@H](CCC(N)=O)C(=O)O.O=C(O)C(F)(F)F. The molecular formula is C55H72F5N9O13. The number of carbonyl (C=O) groups excluding carboxylic acids is 8. The number of unbranched alkanes of at least 4 members (excludes halogenated alkanes) is 2. The maximum atomic E-state index is 15.2. The highest BCUT2D eigenvalue weighted by Crippen LogP contribution is 2.41. The van der Waals surface area contributed by atoms with Gasteiger partial charge in [0, 0.05) is 80.7 Å². The van der Waals surface area contributed by atoms with Crippen molar-refractivity contribution in [2.24, 2.45) is 22.8 Å². The number of aromatic nitrogens is 1. The van der Waals surface area contributed by atoms with Crippen molar-refractivity contribution in [1.82, 2.24) is 35.2 Å². The molecule has 1 aliphatic heterocycles. The Morgan fingerprint density at radius 1 is 0.780 bits per heavy atom. The molecule has 8 amide bonds. The molecule has 0 radical (unpaired) electrons. The van der Waals surface area contributed by atoms with Crippen LogP contribution in [0, 0.1) is 23.0 Å². The van der Waals surface area contributed by atoms with E-state index in [0.717, 1.165) is 33.6 Å². The number of nitrogens with one attached hydrogen (secondary N) is 3. The Kier molecular flexibility index (Phi) is 26.0. The number of alkyl halides is 3. The first kappa shape index (κ1) is 68.2. The van der Waals surface area contributed by atoms with Crippen molar-refractivity contribution in [3.63, 3.8) is 0 Å². The van der Waals surface area contributed by atoms with Crippen LogP contribution in [-0.4, -0.2) is 157 Å². The Hall–Kier alpha value is -8.07. The molecule has 0 unspecified atom stereocenters. The van der Waals surface area contributed by atoms with Crippen molar-refractivity contribution < 1.29 is 85.2 Å². The van der Waals surface area contributed by atoms with Crippen molar-refractivity contribution in [3.8, 4) is 11.1 Å². The molecule has 0 bridgehead atoms. The van der Waals surface area contributed by atoms with E-state index in [1.807, 2.05) is 55.7 Å². The van der Waals surface area contributed by atoms with Crippen LogP contribution in [0.15, 0.2) is 72.9 Å². The smallest absolute Gasteiger partial charge is 0.480 e. The molecule has 22 nitrogen and oxygen atoms in total. The van der Waals surface area contributed by atoms with Gasteiger partial charge in [-0.25, -0.2) is 18.4 Å². The zero-order valence-corrected chi connectivity index (χ0v) is 46.3. The molecule has 0 spiro atoms. The first-order chi connectivity index (χ1) is 38.3. The molecule has 0 fully saturated rings. The van der Waals surface area contributed by atoms with Crippen LogP contribution in [-0.2, 0) is 54.5 Å². The number of aliphatic hydroxyl groups is 1. The molecule has 2 heterocycles. The Balaban J connectivity index is 0.00000236. The van der Waals surface area contributed by atoms with Gasteiger partial charge in [0.1, 0.15) is 36.4 Å². The molecule has 0 saturated carbocycles. The van der Waals surface area contributed by atoms with Crippen molar-refractivity contribution in [3.05, 3.63) is 95.8 Å². The van der Waals surface area contributed by atoms with Crippen LogP contribution in [0.1, 0.15) is 104 Å². The Morgan fingerprint density at radius 2 is 1.40 bits per heavy atom. The highest BCUT2D eigenvalue weighted by Gasteiger charge is 2.40. The lowest BCUT2D eigenvalue weighted by atomic mass is 9.82. The maximum Gasteiger partial charge on any atom is 0.490 e. The van der Waals surface area contributed by atoms with Crippen LogP contribution in [0.3, 0.4) is 0 Å². The van der Waals surface area contributed by atoms with Gasteiger partial charge in [0.15, 0.2) is 0 Å². The topological polar surface area (TPSA) is 334 Å². The number of nitrogens with two attached hydrogens (primary N) is 2. The summed E-state index contributed by atoms with van der Waals surface area (Å²) in [5, 5.41) is 35.4. The van der Waals surface area contributed by atoms with Gasteiger partial charge in [-0.1, -0.05) is 71.4 Å². The van der Waals surface area contributed by atoms with Gasteiger partial charge in [-0.3, -0.25) is 43.3 Å². The Bertz CT molecular complexity index is 2770. The van der Waals surface area contributed by atoms with E-state index in [0.29, 0.717) is 30.5 Å². The minimum Gasteiger partial charge on any atom is -0.480 e. The predicted molar refractivity (Wildman–Crippen MR) is 286 cm³/mol. The fourth-order valence-corrected chi connectivity index (χ4v) is 8.83. The number of carbonyl (C=O) groups is 10. The lowest BCUT2D eigenvalue weighted by Gasteiger charge is -2.41. The molecule has 450 valence electrons. The van der Waals surface area contributed by atoms with Crippen molar-refractivity contribution >= 4 is 59.2 Å². The first-order valence-corrected chi connectivity index (χ1v) is 26.2. The second-order valence-electron chi connectivity index (χ2n) is 20.8. The second kappa shape index (κ2) is 31.2. The summed E-state index contributed by atoms with van der Waals surface area (Å²) in [4.78, 5) is 128. The molecule has 1 aliphatic rings. The lowest BCUT2D eigenvalue weighted by Crippen LogP contribution is -2.58. The van der Waals surface area contributed by atoms with Crippen LogP contribution in [0.2, 0.25) is 0 Å². The number of halogens is 5. The number of aliphatic carboxylic acids is 2. The van der Waals surface area contributed by atoms with Crippen LogP contribution in [0.5, 0.6) is 0 Å². The molecule has 10 N–H and O–H groups in total. The molecule has 3 aromatic rings. The Labute approximate surface area is 470 Å². The van der Waals surface area contributed by atoms with Crippen molar-refractivity contribution in [1.29, 1.82) is 0 Å². The fourth-order valence-electron chi connectivity index (χ4n) is 8.83. The molecule has 1 aromatic heterocycles. The minimum absolute atomic E-state index is 0.00882. The summed E-state index contributed by atoms with van der Waals surface area (Å²) in [6.07, 6.45) is -0.645. The monoisotopic (exact) mass is 1160 g/mol. The number of aliphatic hydroxyl groups excluding tert-OH is 1. The van der Waals surface area contributed by atoms with Gasteiger partial charge >= 0.3 is 18.1 Å². The van der Waals surface area contributed by atoms with E-state index >= 15 is 4.39 Å². The summed E-state index contributed by atoms with van der Waals surface area (Å²) in [6.45, 7) is 8.80. The summed E-state index contributed by atoms with van der Waals surface area (Å²) in [5.74, 6) is -11.3. The van der Waals surface area contributed by atoms with Gasteiger partial charge in [0.05, 0.1) is 12.1 Å². The molecule has 0 aliphatic carbocycles. The summed E-state index contributed by atoms with van der Waals surface area (Å²) in [6, 6.07) is 7.81. The number of benzene rings is 2. The van der Waals surface area contributed by atoms with Crippen LogP contribution < -0.4 is 27.4 Å². The summed E-state index contributed by atoms with van der Waals surface area (Å²) in [5.41, 5.74) is 12.7. The predicted octanol–water partition coefficient (Wildman–Crippen LogP) is 3.53. The van der Waals surface area contributed by atoms with Crippen molar-refractivity contribution in [2.45, 2.75) is 129 Å². The van der Waals surface area contributed by atoms with E-state index in [1.165, 1.54) is 24.0 Å². The highest BCUT2D eigenvalue weighted by atomic mass is 19.4. The summed E-state index contributed by atoms with van der Waals surface area (Å²) in [7, 11) is 0. The number of amides is 8. The lowest BCUT2D eigenvalue weighted by molar-refractivity contribution is -0.192. The van der Waals surface area contributed by atoms with Crippen molar-refractivity contribution in [2.75, 3.05) is 32.8 Å². The Morgan fingerprint density at radius 3 is 1.95 bits per heavy atom. The second-order valence-corrected chi connectivity index (χ2v) is 20.8. The van der Waals surface area contributed by atoms with Gasteiger partial charge in [-0.05, 0) is 73.8 Å². The normalized spacial score (nSPS) is 14.2. The van der Waals surface area contributed by atoms with Crippen LogP contribution >= 0.6 is 0 Å². The standard InChI is InChI=1S/C53H71F2N9O11.C2HF3O2/c1-32(2)47(60-43(67)15-11-8-12-24-63-44(68)20-21-45(63)69)50(72)59-33(3)51(73)62(40(52(74)75)18-19-42(57)66)26-23-58-49(71)39(56)22-25-64(46(70)31-65)48(53(4,5)6)41-27-35(37-28-36(54)16-17-38(37)55)30-61(41)29-34-13-9-7-10-14-34;3-2(4,5)1(6)7/h7,9-10,13-14,16-17,20-21,27-28,30,32-33,39-40,47-48,65H,8,11-12,15,18-19,22-26,29,31,56H2,1-6H3,(H2,57,66)(H,58,71)(H,59,72)(H,60,67)(H,74,75);(H,6,7)/t33-,39-,40-,47-,48-;/m0./s1. The van der Waals surface area contributed by atoms with Gasteiger partial charge in [-0.2, -0.15) is 13.2 Å². The molecule has 5 atom stereocenters. The number of nitrogens with zero attached hydrogens (tertiary/aromatic N) is 4. The number of carboxylic acids is 2. The third-order valence-corrected chi connectivity index (χ3v) is 12.9. The number of primary amides is 1. The fraction of sp³-hybridized carbons (Fsp3) is 0.491. The molecular weight excluding hydrogens is 1090 g/mol. The first-order valence-electron chi connectivity index (χ1n) is 26.2. The van der Waals surface area contributed by atoms with Crippen LogP contribution in [0.25, 0.3) is 11.1 Å². The maximum absolute atomic E-state index is 15.2. The molecule has 27 heteroatoms. The average Bonchev–Trinajstić information content (AvgIpc) is 4.16. The highest BCUT2D eigenvalue weighted by molar-refractivity contribution is 6.12. The van der Waals surface area contributed by atoms with Gasteiger partial charge < -0.3 is 57.1 Å². The number of imide groups is 1.